The molecule has 0 aliphatic heterocycles. The Balaban J connectivity index is 1.95. The van der Waals surface area contributed by atoms with Crippen LogP contribution in [-0.2, 0) is 12.8 Å². The van der Waals surface area contributed by atoms with Gasteiger partial charge in [-0.1, -0.05) is 32.4 Å². The Morgan fingerprint density at radius 1 is 1.33 bits per heavy atom. The fourth-order valence-electron chi connectivity index (χ4n) is 3.52. The maximum absolute atomic E-state index is 12.8. The van der Waals surface area contributed by atoms with Crippen molar-refractivity contribution in [3.63, 3.8) is 0 Å². The van der Waals surface area contributed by atoms with E-state index < -0.39 is 5.91 Å². The molecular weight excluding hydrogens is 495 g/mol. The third-order valence-corrected chi connectivity index (χ3v) is 7.31. The molecular formula is C20H22ClIN2O2S. The monoisotopic (exact) mass is 516 g/mol. The Kier molecular flexibility index (Phi) is 5.89. The van der Waals surface area contributed by atoms with E-state index >= 15 is 0 Å². The van der Waals surface area contributed by atoms with Crippen molar-refractivity contribution in [1.29, 1.82) is 0 Å². The lowest BCUT2D eigenvalue weighted by Gasteiger charge is -2.33. The van der Waals surface area contributed by atoms with Crippen LogP contribution in [0, 0.1) is 14.9 Å². The minimum atomic E-state index is -0.495. The van der Waals surface area contributed by atoms with Crippen LogP contribution in [0.25, 0.3) is 0 Å². The standard InChI is InChI=1S/C20H22ClIN2O2S/c1-20(2,3)10-4-6-12-15(8-10)27-19(16(12)17(23)25)24-18(26)13-9-11(22)5-7-14(13)21/h5,7,9-10H,4,6,8H2,1-3H3,(H2,23,25)(H,24,26)/t10-/m0/s1. The number of carbonyl (C=O) groups excluding carboxylic acids is 2. The van der Waals surface area contributed by atoms with Crippen LogP contribution in [0.15, 0.2) is 18.2 Å². The summed E-state index contributed by atoms with van der Waals surface area (Å²) in [4.78, 5) is 26.0. The molecule has 1 heterocycles. The van der Waals surface area contributed by atoms with Crippen molar-refractivity contribution >= 4 is 62.3 Å². The molecule has 0 radical (unpaired) electrons. The Bertz CT molecular complexity index is 917. The van der Waals surface area contributed by atoms with Gasteiger partial charge in [-0.25, -0.2) is 0 Å². The predicted octanol–water partition coefficient (Wildman–Crippen LogP) is 5.51. The number of carbonyl (C=O) groups is 2. The van der Waals surface area contributed by atoms with Crippen molar-refractivity contribution in [2.24, 2.45) is 17.1 Å². The van der Waals surface area contributed by atoms with E-state index in [1.807, 2.05) is 6.07 Å². The third-order valence-electron chi connectivity index (χ3n) is 5.14. The first-order valence-corrected chi connectivity index (χ1v) is 11.1. The summed E-state index contributed by atoms with van der Waals surface area (Å²) in [5.41, 5.74) is 7.70. The first kappa shape index (κ1) is 20.6. The zero-order valence-electron chi connectivity index (χ0n) is 15.5. The number of fused-ring (bicyclic) bond motifs is 1. The average Bonchev–Trinajstić information content (AvgIpc) is 2.93. The maximum Gasteiger partial charge on any atom is 0.257 e. The molecule has 1 aliphatic rings. The fraction of sp³-hybridized carbons (Fsp3) is 0.400. The maximum atomic E-state index is 12.8. The van der Waals surface area contributed by atoms with Gasteiger partial charge in [0.2, 0.25) is 0 Å². The lowest BCUT2D eigenvalue weighted by molar-refractivity contribution is 0.1000. The van der Waals surface area contributed by atoms with Gasteiger partial charge >= 0.3 is 0 Å². The largest absolute Gasteiger partial charge is 0.365 e. The second-order valence-electron chi connectivity index (χ2n) is 7.96. The summed E-state index contributed by atoms with van der Waals surface area (Å²) in [6.45, 7) is 6.73. The minimum absolute atomic E-state index is 0.201. The molecule has 7 heteroatoms. The van der Waals surface area contributed by atoms with E-state index in [4.69, 9.17) is 17.3 Å². The molecule has 27 heavy (non-hydrogen) atoms. The predicted molar refractivity (Wildman–Crippen MR) is 120 cm³/mol. The highest BCUT2D eigenvalue weighted by Gasteiger charge is 2.33. The van der Waals surface area contributed by atoms with Gasteiger partial charge < -0.3 is 11.1 Å². The van der Waals surface area contributed by atoms with E-state index in [0.717, 1.165) is 33.3 Å². The fourth-order valence-corrected chi connectivity index (χ4v) is 5.54. The molecule has 1 aromatic heterocycles. The van der Waals surface area contributed by atoms with E-state index in [0.29, 0.717) is 27.1 Å². The van der Waals surface area contributed by atoms with Crippen LogP contribution in [0.1, 0.15) is 58.3 Å². The zero-order valence-corrected chi connectivity index (χ0v) is 19.2. The molecule has 1 aromatic carbocycles. The number of hydrogen-bond acceptors (Lipinski definition) is 3. The van der Waals surface area contributed by atoms with Gasteiger partial charge in [-0.15, -0.1) is 11.3 Å². The van der Waals surface area contributed by atoms with Gasteiger partial charge in [-0.05, 0) is 76.9 Å². The zero-order chi connectivity index (χ0) is 19.9. The molecule has 0 saturated carbocycles. The van der Waals surface area contributed by atoms with E-state index in [1.165, 1.54) is 11.3 Å². The van der Waals surface area contributed by atoms with Crippen LogP contribution in [0.2, 0.25) is 5.02 Å². The number of nitrogens with one attached hydrogen (secondary N) is 1. The van der Waals surface area contributed by atoms with Crippen LogP contribution < -0.4 is 11.1 Å². The molecule has 0 spiro atoms. The van der Waals surface area contributed by atoms with E-state index in [9.17, 15) is 9.59 Å². The summed E-state index contributed by atoms with van der Waals surface area (Å²) in [5, 5.41) is 3.79. The second-order valence-corrected chi connectivity index (χ2v) is 10.7. The quantitative estimate of drug-likeness (QED) is 0.528. The topological polar surface area (TPSA) is 72.2 Å². The number of nitrogens with two attached hydrogens (primary N) is 1. The first-order chi connectivity index (χ1) is 12.6. The number of halogens is 2. The van der Waals surface area contributed by atoms with Crippen LogP contribution in [0.3, 0.4) is 0 Å². The van der Waals surface area contributed by atoms with Crippen molar-refractivity contribution in [3.05, 3.63) is 48.4 Å². The summed E-state index contributed by atoms with van der Waals surface area (Å²) in [6, 6.07) is 5.26. The van der Waals surface area contributed by atoms with Crippen LogP contribution >= 0.6 is 45.5 Å². The lowest BCUT2D eigenvalue weighted by Crippen LogP contribution is -2.27. The normalized spacial score (nSPS) is 16.7. The summed E-state index contributed by atoms with van der Waals surface area (Å²) >= 11 is 9.78. The summed E-state index contributed by atoms with van der Waals surface area (Å²) < 4.78 is 0.913. The Hall–Kier alpha value is -1.12. The van der Waals surface area contributed by atoms with Gasteiger partial charge in [0, 0.05) is 8.45 Å². The minimum Gasteiger partial charge on any atom is -0.365 e. The van der Waals surface area contributed by atoms with Gasteiger partial charge in [0.05, 0.1) is 16.1 Å². The van der Waals surface area contributed by atoms with Crippen LogP contribution in [0.5, 0.6) is 0 Å². The first-order valence-electron chi connectivity index (χ1n) is 8.78. The van der Waals surface area contributed by atoms with E-state index in [1.54, 1.807) is 12.1 Å². The molecule has 0 fully saturated rings. The number of anilines is 1. The van der Waals surface area contributed by atoms with Crippen molar-refractivity contribution in [3.8, 4) is 0 Å². The smallest absolute Gasteiger partial charge is 0.257 e. The number of thiophene rings is 1. The molecule has 2 aromatic rings. The van der Waals surface area contributed by atoms with Gasteiger partial charge in [-0.3, -0.25) is 9.59 Å². The Morgan fingerprint density at radius 3 is 2.67 bits per heavy atom. The van der Waals surface area contributed by atoms with E-state index in [2.05, 4.69) is 48.7 Å². The van der Waals surface area contributed by atoms with Crippen molar-refractivity contribution < 1.29 is 9.59 Å². The summed E-state index contributed by atoms with van der Waals surface area (Å²) in [7, 11) is 0. The van der Waals surface area contributed by atoms with Gasteiger partial charge in [0.15, 0.2) is 0 Å². The SMILES string of the molecule is CC(C)(C)[C@H]1CCc2c(sc(NC(=O)c3cc(I)ccc3Cl)c2C(N)=O)C1. The van der Waals surface area contributed by atoms with Crippen molar-refractivity contribution in [2.75, 3.05) is 5.32 Å². The van der Waals surface area contributed by atoms with Crippen LogP contribution in [0.4, 0.5) is 5.00 Å². The molecule has 3 rings (SSSR count). The number of benzene rings is 1. The Labute approximate surface area is 182 Å². The molecule has 0 unspecified atom stereocenters. The molecule has 0 saturated heterocycles. The highest BCUT2D eigenvalue weighted by molar-refractivity contribution is 14.1. The highest BCUT2D eigenvalue weighted by atomic mass is 127. The summed E-state index contributed by atoms with van der Waals surface area (Å²) in [6.07, 6.45) is 2.74. The Morgan fingerprint density at radius 2 is 2.04 bits per heavy atom. The molecule has 0 bridgehead atoms. The third kappa shape index (κ3) is 4.32. The van der Waals surface area contributed by atoms with Gasteiger partial charge in [-0.2, -0.15) is 0 Å². The molecule has 1 aliphatic carbocycles. The number of rotatable bonds is 3. The molecule has 144 valence electrons. The van der Waals surface area contributed by atoms with Gasteiger partial charge in [0.25, 0.3) is 11.8 Å². The molecule has 2 amide bonds. The number of amides is 2. The average molecular weight is 517 g/mol. The van der Waals surface area contributed by atoms with Gasteiger partial charge in [0.1, 0.15) is 5.00 Å². The van der Waals surface area contributed by atoms with Crippen LogP contribution in [-0.4, -0.2) is 11.8 Å². The highest BCUT2D eigenvalue weighted by Crippen LogP contribution is 2.44. The number of hydrogen-bond donors (Lipinski definition) is 2. The van der Waals surface area contributed by atoms with Crippen molar-refractivity contribution in [1.82, 2.24) is 0 Å². The molecule has 1 atom stereocenters. The lowest BCUT2D eigenvalue weighted by atomic mass is 9.72. The molecule has 3 N–H and O–H groups in total. The second kappa shape index (κ2) is 7.72. The molecule has 4 nitrogen and oxygen atoms in total. The summed E-state index contributed by atoms with van der Waals surface area (Å²) in [5.74, 6) is -0.282. The van der Waals surface area contributed by atoms with Crippen molar-refractivity contribution in [2.45, 2.75) is 40.0 Å². The van der Waals surface area contributed by atoms with E-state index in [-0.39, 0.29) is 11.3 Å². The number of primary amides is 1.